The number of benzene rings is 1. The fourth-order valence-electron chi connectivity index (χ4n) is 3.09. The van der Waals surface area contributed by atoms with E-state index in [0.717, 1.165) is 12.0 Å². The van der Waals surface area contributed by atoms with Crippen LogP contribution in [-0.2, 0) is 28.7 Å². The maximum absolute atomic E-state index is 13.4. The maximum Gasteiger partial charge on any atom is 0.408 e. The van der Waals surface area contributed by atoms with Gasteiger partial charge in [-0.15, -0.1) is 0 Å². The van der Waals surface area contributed by atoms with Crippen LogP contribution in [0.4, 0.5) is 4.79 Å². The number of amides is 4. The SMILES string of the molecule is COC(=O)CNC(=O)C(c1ccc(O)c(C)c1)N(C)C(=O)C(CCC(N)=O)NC(=O)OC(C)(C)C. The summed E-state index contributed by atoms with van der Waals surface area (Å²) in [4.78, 5) is 62.7. The number of rotatable bonds is 10. The van der Waals surface area contributed by atoms with E-state index in [0.29, 0.717) is 11.1 Å². The monoisotopic (exact) mass is 494 g/mol. The predicted molar refractivity (Wildman–Crippen MR) is 125 cm³/mol. The van der Waals surface area contributed by atoms with Gasteiger partial charge in [-0.2, -0.15) is 0 Å². The summed E-state index contributed by atoms with van der Waals surface area (Å²) < 4.78 is 9.74. The Labute approximate surface area is 204 Å². The van der Waals surface area contributed by atoms with E-state index in [4.69, 9.17) is 10.5 Å². The van der Waals surface area contributed by atoms with Crippen molar-refractivity contribution in [1.29, 1.82) is 0 Å². The molecule has 1 rings (SSSR count). The van der Waals surface area contributed by atoms with E-state index in [1.807, 2.05) is 0 Å². The highest BCUT2D eigenvalue weighted by atomic mass is 16.6. The van der Waals surface area contributed by atoms with Gasteiger partial charge in [0.15, 0.2) is 0 Å². The smallest absolute Gasteiger partial charge is 0.408 e. The second-order valence-electron chi connectivity index (χ2n) is 8.90. The summed E-state index contributed by atoms with van der Waals surface area (Å²) in [6.45, 7) is 6.12. The molecule has 0 heterocycles. The molecule has 2 unspecified atom stereocenters. The minimum Gasteiger partial charge on any atom is -0.508 e. The van der Waals surface area contributed by atoms with E-state index in [9.17, 15) is 29.1 Å². The Morgan fingerprint density at radius 1 is 1.17 bits per heavy atom. The third-order valence-electron chi connectivity index (χ3n) is 4.82. The van der Waals surface area contributed by atoms with Crippen LogP contribution in [-0.4, -0.2) is 72.1 Å². The summed E-state index contributed by atoms with van der Waals surface area (Å²) in [5.41, 5.74) is 5.17. The molecule has 0 bridgehead atoms. The highest BCUT2D eigenvalue weighted by Crippen LogP contribution is 2.26. The zero-order valence-corrected chi connectivity index (χ0v) is 20.8. The fourth-order valence-corrected chi connectivity index (χ4v) is 3.09. The Bertz CT molecular complexity index is 957. The molecule has 5 N–H and O–H groups in total. The first-order valence-electron chi connectivity index (χ1n) is 10.8. The fraction of sp³-hybridized carbons (Fsp3) is 0.522. The average Bonchev–Trinajstić information content (AvgIpc) is 2.75. The number of phenols is 1. The van der Waals surface area contributed by atoms with E-state index in [-0.39, 0.29) is 18.6 Å². The van der Waals surface area contributed by atoms with Crippen LogP contribution >= 0.6 is 0 Å². The normalized spacial score (nSPS) is 12.6. The lowest BCUT2D eigenvalue weighted by Crippen LogP contribution is -2.52. The topological polar surface area (TPSA) is 177 Å². The molecule has 1 aromatic rings. The number of nitrogens with one attached hydrogen (secondary N) is 2. The van der Waals surface area contributed by atoms with Crippen molar-refractivity contribution in [3.63, 3.8) is 0 Å². The van der Waals surface area contributed by atoms with Crippen molar-refractivity contribution >= 4 is 29.8 Å². The number of ether oxygens (including phenoxy) is 2. The number of likely N-dealkylation sites (N-methyl/N-ethyl adjacent to an activating group) is 1. The van der Waals surface area contributed by atoms with Crippen molar-refractivity contribution in [3.8, 4) is 5.75 Å². The molecule has 12 heteroatoms. The Hall–Kier alpha value is -3.83. The first kappa shape index (κ1) is 29.2. The number of carbonyl (C=O) groups is 5. The Morgan fingerprint density at radius 3 is 2.31 bits per heavy atom. The number of phenolic OH excluding ortho intramolecular Hbond substituents is 1. The number of alkyl carbamates (subject to hydrolysis) is 1. The van der Waals surface area contributed by atoms with Crippen molar-refractivity contribution in [2.45, 2.75) is 58.2 Å². The molecular weight excluding hydrogens is 460 g/mol. The summed E-state index contributed by atoms with van der Waals surface area (Å²) in [5, 5.41) is 14.7. The largest absolute Gasteiger partial charge is 0.508 e. The number of methoxy groups -OCH3 is 1. The van der Waals surface area contributed by atoms with Gasteiger partial charge in [0.25, 0.3) is 0 Å². The number of esters is 1. The van der Waals surface area contributed by atoms with E-state index >= 15 is 0 Å². The van der Waals surface area contributed by atoms with Gasteiger partial charge in [-0.1, -0.05) is 6.07 Å². The van der Waals surface area contributed by atoms with Gasteiger partial charge in [-0.25, -0.2) is 4.79 Å². The minimum absolute atomic E-state index is 0.0117. The number of nitrogens with zero attached hydrogens (tertiary/aromatic N) is 1. The van der Waals surface area contributed by atoms with Crippen LogP contribution in [0.2, 0.25) is 0 Å². The molecule has 0 aliphatic rings. The number of aromatic hydroxyl groups is 1. The van der Waals surface area contributed by atoms with Crippen LogP contribution in [0.25, 0.3) is 0 Å². The van der Waals surface area contributed by atoms with Gasteiger partial charge in [0.2, 0.25) is 17.7 Å². The Kier molecular flexibility index (Phi) is 10.5. The highest BCUT2D eigenvalue weighted by Gasteiger charge is 2.34. The van der Waals surface area contributed by atoms with Crippen LogP contribution in [0.5, 0.6) is 5.75 Å². The van der Waals surface area contributed by atoms with E-state index in [1.165, 1.54) is 25.2 Å². The molecule has 2 atom stereocenters. The molecule has 12 nitrogen and oxygen atoms in total. The second-order valence-corrected chi connectivity index (χ2v) is 8.90. The molecule has 35 heavy (non-hydrogen) atoms. The summed E-state index contributed by atoms with van der Waals surface area (Å²) in [5.74, 6) is -2.80. The van der Waals surface area contributed by atoms with Crippen molar-refractivity contribution < 1.29 is 38.6 Å². The van der Waals surface area contributed by atoms with Crippen molar-refractivity contribution in [2.24, 2.45) is 5.73 Å². The lowest BCUT2D eigenvalue weighted by atomic mass is 10.00. The third kappa shape index (κ3) is 9.51. The number of aryl methyl sites for hydroxylation is 1. The third-order valence-corrected chi connectivity index (χ3v) is 4.82. The number of carbonyl (C=O) groups excluding carboxylic acids is 5. The number of primary amides is 1. The lowest BCUT2D eigenvalue weighted by Gasteiger charge is -2.31. The Balaban J connectivity index is 3.30. The van der Waals surface area contributed by atoms with Crippen LogP contribution in [0, 0.1) is 6.92 Å². The molecule has 0 aliphatic carbocycles. The molecular formula is C23H34N4O8. The molecule has 0 saturated heterocycles. The zero-order valence-electron chi connectivity index (χ0n) is 20.8. The lowest BCUT2D eigenvalue weighted by molar-refractivity contribution is -0.143. The number of nitrogens with two attached hydrogens (primary N) is 1. The van der Waals surface area contributed by atoms with Crippen LogP contribution in [0.3, 0.4) is 0 Å². The molecule has 0 aromatic heterocycles. The first-order valence-corrected chi connectivity index (χ1v) is 10.8. The van der Waals surface area contributed by atoms with E-state index in [2.05, 4.69) is 15.4 Å². The molecule has 194 valence electrons. The molecule has 0 fully saturated rings. The first-order chi connectivity index (χ1) is 16.2. The predicted octanol–water partition coefficient (Wildman–Crippen LogP) is 0.648. The summed E-state index contributed by atoms with van der Waals surface area (Å²) in [6, 6.07) is 1.85. The molecule has 4 amide bonds. The second kappa shape index (κ2) is 12.6. The average molecular weight is 495 g/mol. The van der Waals surface area contributed by atoms with Gasteiger partial charge in [-0.3, -0.25) is 19.2 Å². The number of hydrogen-bond donors (Lipinski definition) is 4. The number of hydrogen-bond acceptors (Lipinski definition) is 8. The Morgan fingerprint density at radius 2 is 1.80 bits per heavy atom. The summed E-state index contributed by atoms with van der Waals surface area (Å²) >= 11 is 0. The van der Waals surface area contributed by atoms with Crippen LogP contribution in [0.15, 0.2) is 18.2 Å². The molecule has 1 aromatic carbocycles. The summed E-state index contributed by atoms with van der Waals surface area (Å²) in [6.07, 6.45) is -1.23. The van der Waals surface area contributed by atoms with Gasteiger partial charge >= 0.3 is 12.1 Å². The van der Waals surface area contributed by atoms with Crippen LogP contribution in [0.1, 0.15) is 50.8 Å². The standard InChI is InChI=1S/C23H34N4O8/c1-13-11-14(7-9-16(13)28)19(20(31)25-12-18(30)34-6)27(5)21(32)15(8-10-17(24)29)26-22(33)35-23(2,3)4/h7,9,11,15,19,28H,8,10,12H2,1-6H3,(H2,24,29)(H,25,31)(H,26,33). The van der Waals surface area contributed by atoms with E-state index in [1.54, 1.807) is 27.7 Å². The molecule has 0 radical (unpaired) electrons. The molecule has 0 aliphatic heterocycles. The quantitative estimate of drug-likeness (QED) is 0.342. The maximum atomic E-state index is 13.4. The van der Waals surface area contributed by atoms with Crippen molar-refractivity contribution in [2.75, 3.05) is 20.7 Å². The zero-order chi connectivity index (χ0) is 26.9. The summed E-state index contributed by atoms with van der Waals surface area (Å²) in [7, 11) is 2.50. The van der Waals surface area contributed by atoms with Gasteiger partial charge < -0.3 is 35.8 Å². The van der Waals surface area contributed by atoms with Gasteiger partial charge in [0.05, 0.1) is 7.11 Å². The molecule has 0 spiro atoms. The van der Waals surface area contributed by atoms with Crippen molar-refractivity contribution in [1.82, 2.24) is 15.5 Å². The van der Waals surface area contributed by atoms with Crippen molar-refractivity contribution in [3.05, 3.63) is 29.3 Å². The minimum atomic E-state index is -1.25. The van der Waals surface area contributed by atoms with E-state index < -0.39 is 54.0 Å². The van der Waals surface area contributed by atoms with Gasteiger partial charge in [0, 0.05) is 13.5 Å². The highest BCUT2D eigenvalue weighted by molar-refractivity contribution is 5.93. The van der Waals surface area contributed by atoms with Gasteiger partial charge in [0.1, 0.15) is 30.0 Å². The molecule has 0 saturated carbocycles. The van der Waals surface area contributed by atoms with Crippen LogP contribution < -0.4 is 16.4 Å². The van der Waals surface area contributed by atoms with Gasteiger partial charge in [-0.05, 0) is 57.4 Å².